The van der Waals surface area contributed by atoms with Gasteiger partial charge in [-0.05, 0) is 30.7 Å². The Labute approximate surface area is 108 Å². The van der Waals surface area contributed by atoms with Crippen molar-refractivity contribution in [3.8, 4) is 11.5 Å². The van der Waals surface area contributed by atoms with Gasteiger partial charge in [0.25, 0.3) is 0 Å². The monoisotopic (exact) mass is 255 g/mol. The van der Waals surface area contributed by atoms with Gasteiger partial charge in [-0.15, -0.1) is 0 Å². The lowest BCUT2D eigenvalue weighted by Gasteiger charge is -2.12. The third-order valence-electron chi connectivity index (χ3n) is 2.39. The van der Waals surface area contributed by atoms with E-state index in [-0.39, 0.29) is 6.79 Å². The van der Waals surface area contributed by atoms with Crippen LogP contribution >= 0.6 is 0 Å². The lowest BCUT2D eigenvalue weighted by atomic mass is 10.1. The summed E-state index contributed by atoms with van der Waals surface area (Å²) < 4.78 is 20.8. The highest BCUT2D eigenvalue weighted by Crippen LogP contribution is 2.28. The van der Waals surface area contributed by atoms with Gasteiger partial charge in [0.15, 0.2) is 18.3 Å². The van der Waals surface area contributed by atoms with Crippen molar-refractivity contribution in [2.75, 3.05) is 40.8 Å². The van der Waals surface area contributed by atoms with E-state index in [2.05, 4.69) is 0 Å². The molecular formula is C13H21NO4. The van der Waals surface area contributed by atoms with Crippen LogP contribution < -0.4 is 15.2 Å². The van der Waals surface area contributed by atoms with E-state index in [0.29, 0.717) is 31.3 Å². The van der Waals surface area contributed by atoms with Crippen molar-refractivity contribution >= 4 is 0 Å². The number of methoxy groups -OCH3 is 2. The Morgan fingerprint density at radius 3 is 2.61 bits per heavy atom. The average molecular weight is 255 g/mol. The summed E-state index contributed by atoms with van der Waals surface area (Å²) in [5.41, 5.74) is 6.64. The standard InChI is InChI=1S/C13H21NO4/c1-15-7-8-17-10-18-12-4-3-11(5-6-14)9-13(12)16-2/h3-4,9H,5-8,10,14H2,1-2H3. The van der Waals surface area contributed by atoms with Gasteiger partial charge in [-0.2, -0.15) is 0 Å². The number of rotatable bonds is 9. The second-order valence-corrected chi connectivity index (χ2v) is 3.69. The van der Waals surface area contributed by atoms with Gasteiger partial charge in [0.05, 0.1) is 20.3 Å². The Balaban J connectivity index is 2.48. The summed E-state index contributed by atoms with van der Waals surface area (Å²) in [5, 5.41) is 0. The van der Waals surface area contributed by atoms with Crippen LogP contribution in [0.5, 0.6) is 11.5 Å². The third kappa shape index (κ3) is 4.91. The number of ether oxygens (including phenoxy) is 4. The molecule has 0 saturated heterocycles. The van der Waals surface area contributed by atoms with Crippen LogP contribution in [0.1, 0.15) is 5.56 Å². The Morgan fingerprint density at radius 1 is 1.11 bits per heavy atom. The van der Waals surface area contributed by atoms with Gasteiger partial charge >= 0.3 is 0 Å². The van der Waals surface area contributed by atoms with E-state index in [4.69, 9.17) is 24.7 Å². The molecule has 0 aliphatic rings. The summed E-state index contributed by atoms with van der Waals surface area (Å²) in [6.07, 6.45) is 0.820. The summed E-state index contributed by atoms with van der Waals surface area (Å²) >= 11 is 0. The van der Waals surface area contributed by atoms with Crippen molar-refractivity contribution in [2.24, 2.45) is 5.73 Å². The molecule has 5 nitrogen and oxygen atoms in total. The van der Waals surface area contributed by atoms with Crippen molar-refractivity contribution in [1.29, 1.82) is 0 Å². The lowest BCUT2D eigenvalue weighted by molar-refractivity contribution is -0.00945. The van der Waals surface area contributed by atoms with Crippen molar-refractivity contribution in [2.45, 2.75) is 6.42 Å². The first-order valence-corrected chi connectivity index (χ1v) is 5.88. The maximum absolute atomic E-state index is 5.51. The highest BCUT2D eigenvalue weighted by molar-refractivity contribution is 5.42. The van der Waals surface area contributed by atoms with Gasteiger partial charge in [0, 0.05) is 7.11 Å². The molecular weight excluding hydrogens is 234 g/mol. The highest BCUT2D eigenvalue weighted by atomic mass is 16.7. The summed E-state index contributed by atoms with van der Waals surface area (Å²) in [4.78, 5) is 0. The molecule has 2 N–H and O–H groups in total. The first-order valence-electron chi connectivity index (χ1n) is 5.88. The molecule has 1 aromatic rings. The Hall–Kier alpha value is -1.30. The van der Waals surface area contributed by atoms with E-state index < -0.39 is 0 Å². The van der Waals surface area contributed by atoms with Gasteiger partial charge < -0.3 is 24.7 Å². The van der Waals surface area contributed by atoms with Gasteiger partial charge in [-0.3, -0.25) is 0 Å². The molecule has 102 valence electrons. The maximum atomic E-state index is 5.51. The third-order valence-corrected chi connectivity index (χ3v) is 2.39. The van der Waals surface area contributed by atoms with Crippen LogP contribution in [0.3, 0.4) is 0 Å². The number of nitrogens with two attached hydrogens (primary N) is 1. The van der Waals surface area contributed by atoms with Gasteiger partial charge in [0.2, 0.25) is 0 Å². The predicted molar refractivity (Wildman–Crippen MR) is 69.1 cm³/mol. The van der Waals surface area contributed by atoms with Gasteiger partial charge in [-0.1, -0.05) is 6.07 Å². The predicted octanol–water partition coefficient (Wildman–Crippen LogP) is 1.20. The van der Waals surface area contributed by atoms with Crippen LogP contribution in [0.4, 0.5) is 0 Å². The van der Waals surface area contributed by atoms with E-state index in [1.165, 1.54) is 0 Å². The number of benzene rings is 1. The van der Waals surface area contributed by atoms with Crippen molar-refractivity contribution < 1.29 is 18.9 Å². The molecule has 0 aromatic heterocycles. The molecule has 0 heterocycles. The lowest BCUT2D eigenvalue weighted by Crippen LogP contribution is -2.08. The average Bonchev–Trinajstić information content (AvgIpc) is 2.40. The minimum absolute atomic E-state index is 0.177. The highest BCUT2D eigenvalue weighted by Gasteiger charge is 2.05. The summed E-state index contributed by atoms with van der Waals surface area (Å²) in [7, 11) is 3.24. The molecule has 0 unspecified atom stereocenters. The molecule has 0 aliphatic carbocycles. The molecule has 1 aromatic carbocycles. The molecule has 0 saturated carbocycles. The fourth-order valence-electron chi connectivity index (χ4n) is 1.46. The molecule has 0 radical (unpaired) electrons. The SMILES string of the molecule is COCCOCOc1ccc(CCN)cc1OC. The van der Waals surface area contributed by atoms with Crippen LogP contribution in [0, 0.1) is 0 Å². The zero-order valence-electron chi connectivity index (χ0n) is 11.0. The van der Waals surface area contributed by atoms with Crippen molar-refractivity contribution in [1.82, 2.24) is 0 Å². The fourth-order valence-corrected chi connectivity index (χ4v) is 1.46. The van der Waals surface area contributed by atoms with Crippen molar-refractivity contribution in [3.63, 3.8) is 0 Å². The number of hydrogen-bond acceptors (Lipinski definition) is 5. The van der Waals surface area contributed by atoms with E-state index in [1.807, 2.05) is 18.2 Å². The van der Waals surface area contributed by atoms with Crippen LogP contribution in [0.25, 0.3) is 0 Å². The van der Waals surface area contributed by atoms with Gasteiger partial charge in [0.1, 0.15) is 0 Å². The zero-order valence-corrected chi connectivity index (χ0v) is 11.0. The largest absolute Gasteiger partial charge is 0.493 e. The summed E-state index contributed by atoms with van der Waals surface area (Å²) in [6.45, 7) is 1.85. The molecule has 0 bridgehead atoms. The maximum Gasteiger partial charge on any atom is 0.189 e. The normalized spacial score (nSPS) is 10.4. The Bertz CT molecular complexity index is 344. The van der Waals surface area contributed by atoms with Crippen LogP contribution in [-0.2, 0) is 15.9 Å². The van der Waals surface area contributed by atoms with Crippen LogP contribution in [0.15, 0.2) is 18.2 Å². The minimum Gasteiger partial charge on any atom is -0.493 e. The van der Waals surface area contributed by atoms with Crippen molar-refractivity contribution in [3.05, 3.63) is 23.8 Å². The minimum atomic E-state index is 0.177. The second kappa shape index (κ2) is 8.74. The number of hydrogen-bond donors (Lipinski definition) is 1. The Kier molecular flexibility index (Phi) is 7.17. The van der Waals surface area contributed by atoms with E-state index >= 15 is 0 Å². The first kappa shape index (κ1) is 14.8. The van der Waals surface area contributed by atoms with Crippen LogP contribution in [-0.4, -0.2) is 40.8 Å². The zero-order chi connectivity index (χ0) is 13.2. The summed E-state index contributed by atoms with van der Waals surface area (Å²) in [5.74, 6) is 1.35. The smallest absolute Gasteiger partial charge is 0.189 e. The molecule has 0 fully saturated rings. The fraction of sp³-hybridized carbons (Fsp3) is 0.538. The topological polar surface area (TPSA) is 62.9 Å². The van der Waals surface area contributed by atoms with Crippen LogP contribution in [0.2, 0.25) is 0 Å². The summed E-state index contributed by atoms with van der Waals surface area (Å²) in [6, 6.07) is 5.76. The molecule has 0 atom stereocenters. The van der Waals surface area contributed by atoms with E-state index in [9.17, 15) is 0 Å². The Morgan fingerprint density at radius 2 is 1.94 bits per heavy atom. The molecule has 5 heteroatoms. The molecule has 18 heavy (non-hydrogen) atoms. The molecule has 0 amide bonds. The second-order valence-electron chi connectivity index (χ2n) is 3.69. The van der Waals surface area contributed by atoms with E-state index in [0.717, 1.165) is 12.0 Å². The quantitative estimate of drug-likeness (QED) is 0.530. The molecule has 1 rings (SSSR count). The molecule has 0 spiro atoms. The first-order chi connectivity index (χ1) is 8.81. The van der Waals surface area contributed by atoms with Gasteiger partial charge in [-0.25, -0.2) is 0 Å². The molecule has 0 aliphatic heterocycles. The van der Waals surface area contributed by atoms with E-state index in [1.54, 1.807) is 14.2 Å².